The highest BCUT2D eigenvalue weighted by Crippen LogP contribution is 2.46. The zero-order valence-corrected chi connectivity index (χ0v) is 12.4. The highest BCUT2D eigenvalue weighted by Gasteiger charge is 2.44. The molecule has 0 aromatic heterocycles. The van der Waals surface area contributed by atoms with Gasteiger partial charge in [0.25, 0.3) is 0 Å². The van der Waals surface area contributed by atoms with Crippen molar-refractivity contribution in [2.45, 2.75) is 52.6 Å². The molecule has 0 saturated heterocycles. The van der Waals surface area contributed by atoms with Crippen LogP contribution >= 0.6 is 0 Å². The number of aliphatic hydroxyl groups is 1. The van der Waals surface area contributed by atoms with Crippen LogP contribution in [0.25, 0.3) is 0 Å². The molecule has 0 bridgehead atoms. The molecule has 0 amide bonds. The van der Waals surface area contributed by atoms with Gasteiger partial charge in [0.2, 0.25) is 0 Å². The molecule has 0 radical (unpaired) electrons. The molecule has 0 saturated carbocycles. The van der Waals surface area contributed by atoms with Crippen LogP contribution in [0.3, 0.4) is 0 Å². The number of hydrogen-bond acceptors (Lipinski definition) is 1. The first-order valence-electron chi connectivity index (χ1n) is 6.98. The summed E-state index contributed by atoms with van der Waals surface area (Å²) in [6.07, 6.45) is 6.80. The van der Waals surface area contributed by atoms with Crippen LogP contribution in [0.15, 0.2) is 36.5 Å². The van der Waals surface area contributed by atoms with Crippen molar-refractivity contribution in [1.82, 2.24) is 0 Å². The highest BCUT2D eigenvalue weighted by atomic mass is 16.3. The summed E-state index contributed by atoms with van der Waals surface area (Å²) in [4.78, 5) is 0. The van der Waals surface area contributed by atoms with Crippen molar-refractivity contribution in [3.63, 3.8) is 0 Å². The lowest BCUT2D eigenvalue weighted by molar-refractivity contribution is -0.0261. The van der Waals surface area contributed by atoms with Crippen LogP contribution < -0.4 is 0 Å². The van der Waals surface area contributed by atoms with Crippen molar-refractivity contribution in [1.29, 1.82) is 0 Å². The Labute approximate surface area is 112 Å². The largest absolute Gasteiger partial charge is 0.385 e. The molecule has 1 nitrogen and oxygen atoms in total. The molecule has 0 heterocycles. The maximum absolute atomic E-state index is 11.2. The van der Waals surface area contributed by atoms with Crippen molar-refractivity contribution in [3.05, 3.63) is 36.5 Å². The Morgan fingerprint density at radius 1 is 1.61 bits per heavy atom. The van der Waals surface area contributed by atoms with Gasteiger partial charge in [0.1, 0.15) is 0 Å². The first kappa shape index (κ1) is 15.2. The predicted molar refractivity (Wildman–Crippen MR) is 79.4 cm³/mol. The summed E-state index contributed by atoms with van der Waals surface area (Å²) in [7, 11) is 0. The summed E-state index contributed by atoms with van der Waals surface area (Å²) in [6.45, 7) is 16.4. The van der Waals surface area contributed by atoms with E-state index in [-0.39, 0.29) is 5.92 Å². The Hall–Kier alpha value is -0.820. The SMILES string of the molecule is C=CC[C@H]1[C@H](C(=C)C)CC=C(C)[C@@]1(O)CC(C)C. The smallest absolute Gasteiger partial charge is 0.0893 e. The average Bonchev–Trinajstić information content (AvgIpc) is 2.24. The summed E-state index contributed by atoms with van der Waals surface area (Å²) in [5.74, 6) is 1.07. The van der Waals surface area contributed by atoms with Crippen LogP contribution in [0.2, 0.25) is 0 Å². The Morgan fingerprint density at radius 2 is 2.22 bits per heavy atom. The van der Waals surface area contributed by atoms with E-state index in [1.165, 1.54) is 5.57 Å². The molecule has 0 spiro atoms. The lowest BCUT2D eigenvalue weighted by atomic mass is 9.63. The highest BCUT2D eigenvalue weighted by molar-refractivity contribution is 5.25. The predicted octanol–water partition coefficient (Wildman–Crippen LogP) is 4.50. The third-order valence-electron chi connectivity index (χ3n) is 4.23. The van der Waals surface area contributed by atoms with E-state index < -0.39 is 5.60 Å². The Kier molecular flexibility index (Phi) is 4.98. The molecular formula is C17H28O. The molecule has 1 N–H and O–H groups in total. The van der Waals surface area contributed by atoms with Gasteiger partial charge in [-0.3, -0.25) is 0 Å². The van der Waals surface area contributed by atoms with Gasteiger partial charge in [0.05, 0.1) is 5.60 Å². The van der Waals surface area contributed by atoms with Gasteiger partial charge in [-0.1, -0.05) is 38.2 Å². The number of hydrogen-bond donors (Lipinski definition) is 1. The van der Waals surface area contributed by atoms with Crippen LogP contribution in [0, 0.1) is 17.8 Å². The Morgan fingerprint density at radius 3 is 2.67 bits per heavy atom. The summed E-state index contributed by atoms with van der Waals surface area (Å²) < 4.78 is 0. The Balaban J connectivity index is 3.14. The van der Waals surface area contributed by atoms with Crippen LogP contribution in [0.4, 0.5) is 0 Å². The molecule has 102 valence electrons. The van der Waals surface area contributed by atoms with E-state index in [0.29, 0.717) is 11.8 Å². The number of rotatable bonds is 5. The minimum atomic E-state index is -0.690. The molecule has 0 aromatic carbocycles. The quantitative estimate of drug-likeness (QED) is 0.710. The van der Waals surface area contributed by atoms with E-state index in [4.69, 9.17) is 0 Å². The van der Waals surface area contributed by atoms with Crippen LogP contribution in [-0.2, 0) is 0 Å². The second kappa shape index (κ2) is 5.88. The van der Waals surface area contributed by atoms with E-state index in [2.05, 4.69) is 46.9 Å². The molecule has 3 atom stereocenters. The lowest BCUT2D eigenvalue weighted by Crippen LogP contribution is -2.46. The molecular weight excluding hydrogens is 220 g/mol. The lowest BCUT2D eigenvalue weighted by Gasteiger charge is -2.45. The first-order valence-corrected chi connectivity index (χ1v) is 6.98. The third kappa shape index (κ3) is 2.95. The average molecular weight is 248 g/mol. The van der Waals surface area contributed by atoms with Gasteiger partial charge in [0, 0.05) is 5.92 Å². The second-order valence-corrected chi connectivity index (χ2v) is 6.23. The normalized spacial score (nSPS) is 32.2. The summed E-state index contributed by atoms with van der Waals surface area (Å²) in [5.41, 5.74) is 1.61. The van der Waals surface area contributed by atoms with Gasteiger partial charge in [0.15, 0.2) is 0 Å². The summed E-state index contributed by atoms with van der Waals surface area (Å²) in [5, 5.41) is 11.2. The van der Waals surface area contributed by atoms with Crippen LogP contribution in [0.5, 0.6) is 0 Å². The first-order chi connectivity index (χ1) is 8.32. The molecule has 1 heteroatoms. The molecule has 0 aromatic rings. The minimum Gasteiger partial charge on any atom is -0.385 e. The van der Waals surface area contributed by atoms with Gasteiger partial charge >= 0.3 is 0 Å². The van der Waals surface area contributed by atoms with Crippen LogP contribution in [-0.4, -0.2) is 10.7 Å². The van der Waals surface area contributed by atoms with Crippen molar-refractivity contribution in [3.8, 4) is 0 Å². The van der Waals surface area contributed by atoms with E-state index in [1.54, 1.807) is 0 Å². The fourth-order valence-corrected chi connectivity index (χ4v) is 3.29. The van der Waals surface area contributed by atoms with E-state index in [1.807, 2.05) is 6.08 Å². The van der Waals surface area contributed by atoms with Gasteiger partial charge < -0.3 is 5.11 Å². The standard InChI is InChI=1S/C17H28O/c1-7-8-16-15(13(4)5)10-9-14(6)17(16,18)11-12(2)3/h7,9,12,15-16,18H,1,4,8,10-11H2,2-3,5-6H3/t15-,16-,17-/m0/s1. The molecule has 0 aliphatic heterocycles. The monoisotopic (exact) mass is 248 g/mol. The van der Waals surface area contributed by atoms with Gasteiger partial charge in [-0.05, 0) is 50.5 Å². The molecule has 0 fully saturated rings. The van der Waals surface area contributed by atoms with E-state index >= 15 is 0 Å². The molecule has 1 aliphatic rings. The fourth-order valence-electron chi connectivity index (χ4n) is 3.29. The summed E-state index contributed by atoms with van der Waals surface area (Å²) >= 11 is 0. The molecule has 0 unspecified atom stereocenters. The molecule has 1 rings (SSSR count). The second-order valence-electron chi connectivity index (χ2n) is 6.23. The van der Waals surface area contributed by atoms with Gasteiger partial charge in [-0.15, -0.1) is 6.58 Å². The summed E-state index contributed by atoms with van der Waals surface area (Å²) in [6, 6.07) is 0. The van der Waals surface area contributed by atoms with Crippen molar-refractivity contribution < 1.29 is 5.11 Å². The van der Waals surface area contributed by atoms with Crippen molar-refractivity contribution in [2.24, 2.45) is 17.8 Å². The van der Waals surface area contributed by atoms with Gasteiger partial charge in [-0.2, -0.15) is 0 Å². The zero-order chi connectivity index (χ0) is 13.9. The van der Waals surface area contributed by atoms with Gasteiger partial charge in [-0.25, -0.2) is 0 Å². The minimum absolute atomic E-state index is 0.222. The third-order valence-corrected chi connectivity index (χ3v) is 4.23. The maximum atomic E-state index is 11.2. The Bertz CT molecular complexity index is 351. The van der Waals surface area contributed by atoms with E-state index in [0.717, 1.165) is 24.8 Å². The fraction of sp³-hybridized carbons (Fsp3) is 0.647. The van der Waals surface area contributed by atoms with Crippen molar-refractivity contribution in [2.75, 3.05) is 0 Å². The van der Waals surface area contributed by atoms with E-state index in [9.17, 15) is 5.11 Å². The van der Waals surface area contributed by atoms with Crippen LogP contribution in [0.1, 0.15) is 47.0 Å². The topological polar surface area (TPSA) is 20.2 Å². The molecule has 1 aliphatic carbocycles. The maximum Gasteiger partial charge on any atom is 0.0893 e. The van der Waals surface area contributed by atoms with Crippen molar-refractivity contribution >= 4 is 0 Å². The zero-order valence-electron chi connectivity index (χ0n) is 12.4. The number of allylic oxidation sites excluding steroid dienone is 3. The molecule has 18 heavy (non-hydrogen) atoms.